The molecule has 8 heteroatoms. The van der Waals surface area contributed by atoms with Crippen molar-refractivity contribution in [1.29, 1.82) is 0 Å². The summed E-state index contributed by atoms with van der Waals surface area (Å²) in [6.07, 6.45) is 0.0978. The highest BCUT2D eigenvalue weighted by Crippen LogP contribution is 2.39. The molecule has 2 N–H and O–H groups in total. The van der Waals surface area contributed by atoms with Crippen LogP contribution in [0.5, 0.6) is 5.75 Å². The van der Waals surface area contributed by atoms with Gasteiger partial charge >= 0.3 is 5.97 Å². The van der Waals surface area contributed by atoms with Crippen molar-refractivity contribution in [3.05, 3.63) is 56.9 Å². The minimum Gasteiger partial charge on any atom is -0.508 e. The summed E-state index contributed by atoms with van der Waals surface area (Å²) in [4.78, 5) is 32.3. The number of hydrogen-bond acceptors (Lipinski definition) is 7. The highest BCUT2D eigenvalue weighted by molar-refractivity contribution is 5.89. The Kier molecular flexibility index (Phi) is 4.22. The number of phenolic OH excluding ortho intramolecular Hbond substituents is 1. The lowest BCUT2D eigenvalue weighted by Crippen LogP contribution is -2.44. The lowest BCUT2D eigenvalue weighted by atomic mass is 9.86. The second kappa shape index (κ2) is 6.63. The average molecular weight is 421 g/mol. The van der Waals surface area contributed by atoms with Gasteiger partial charge in [-0.1, -0.05) is 6.92 Å². The standard InChI is InChI=1S/C23H23N3O5/c1-4-23(30)16-8-17-20-13(9-26(17)21(28)15(16)11-31-22(23)29)7-12-5-6-18(27)14(10-25(2)3)19(12)24-20/h5-8,27,30H,4,9-11H2,1-3H3. The fraction of sp³-hybridized carbons (Fsp3) is 0.348. The van der Waals surface area contributed by atoms with Gasteiger partial charge < -0.3 is 24.4 Å². The number of hydrogen-bond donors (Lipinski definition) is 2. The molecule has 4 heterocycles. The fourth-order valence-electron chi connectivity index (χ4n) is 4.57. The van der Waals surface area contributed by atoms with Gasteiger partial charge in [0.15, 0.2) is 5.60 Å². The molecule has 0 saturated heterocycles. The van der Waals surface area contributed by atoms with Crippen LogP contribution in [0.25, 0.3) is 22.3 Å². The Balaban J connectivity index is 1.78. The molecule has 31 heavy (non-hydrogen) atoms. The van der Waals surface area contributed by atoms with Crippen LogP contribution in [0, 0.1) is 0 Å². The van der Waals surface area contributed by atoms with Crippen LogP contribution < -0.4 is 5.56 Å². The molecule has 3 aromatic rings. The van der Waals surface area contributed by atoms with Crippen molar-refractivity contribution < 1.29 is 19.7 Å². The van der Waals surface area contributed by atoms with Gasteiger partial charge in [0.05, 0.1) is 29.0 Å². The van der Waals surface area contributed by atoms with Gasteiger partial charge in [-0.15, -0.1) is 0 Å². The number of ether oxygens (including phenoxy) is 1. The van der Waals surface area contributed by atoms with Gasteiger partial charge in [0, 0.05) is 28.6 Å². The van der Waals surface area contributed by atoms with E-state index in [0.29, 0.717) is 46.7 Å². The number of benzene rings is 1. The number of aliphatic hydroxyl groups is 1. The molecule has 1 atom stereocenters. The number of phenols is 1. The second-order valence-electron chi connectivity index (χ2n) is 8.47. The molecule has 2 aliphatic heterocycles. The lowest BCUT2D eigenvalue weighted by molar-refractivity contribution is -0.172. The molecule has 0 spiro atoms. The van der Waals surface area contributed by atoms with E-state index < -0.39 is 11.6 Å². The van der Waals surface area contributed by atoms with E-state index in [1.54, 1.807) is 23.6 Å². The van der Waals surface area contributed by atoms with E-state index >= 15 is 0 Å². The lowest BCUT2D eigenvalue weighted by Gasteiger charge is -2.31. The number of cyclic esters (lactones) is 1. The zero-order valence-electron chi connectivity index (χ0n) is 17.6. The topological polar surface area (TPSA) is 105 Å². The van der Waals surface area contributed by atoms with E-state index in [1.165, 1.54) is 0 Å². The van der Waals surface area contributed by atoms with Crippen molar-refractivity contribution in [1.82, 2.24) is 14.5 Å². The molecule has 8 nitrogen and oxygen atoms in total. The van der Waals surface area contributed by atoms with Gasteiger partial charge in [0.25, 0.3) is 5.56 Å². The predicted molar refractivity (Wildman–Crippen MR) is 114 cm³/mol. The maximum absolute atomic E-state index is 13.2. The summed E-state index contributed by atoms with van der Waals surface area (Å²) in [5.74, 6) is -0.577. The number of aromatic nitrogens is 2. The first-order chi connectivity index (χ1) is 14.7. The average Bonchev–Trinajstić information content (AvgIpc) is 3.10. The predicted octanol–water partition coefficient (Wildman–Crippen LogP) is 1.85. The van der Waals surface area contributed by atoms with E-state index in [4.69, 9.17) is 9.72 Å². The van der Waals surface area contributed by atoms with Gasteiger partial charge in [0.2, 0.25) is 0 Å². The minimum absolute atomic E-state index is 0.0978. The first-order valence-corrected chi connectivity index (χ1v) is 10.2. The van der Waals surface area contributed by atoms with E-state index in [1.807, 2.05) is 31.1 Å². The number of pyridine rings is 2. The molecule has 1 aromatic carbocycles. The van der Waals surface area contributed by atoms with E-state index in [2.05, 4.69) is 0 Å². The third-order valence-corrected chi connectivity index (χ3v) is 6.23. The second-order valence-corrected chi connectivity index (χ2v) is 8.47. The van der Waals surface area contributed by atoms with Crippen LogP contribution in [0.1, 0.15) is 35.6 Å². The molecule has 0 bridgehead atoms. The van der Waals surface area contributed by atoms with Gasteiger partial charge in [-0.3, -0.25) is 4.79 Å². The molecule has 2 aromatic heterocycles. The third-order valence-electron chi connectivity index (χ3n) is 6.23. The van der Waals surface area contributed by atoms with Crippen LogP contribution in [0.3, 0.4) is 0 Å². The summed E-state index contributed by atoms with van der Waals surface area (Å²) in [7, 11) is 3.83. The number of carbonyl (C=O) groups is 1. The highest BCUT2D eigenvalue weighted by atomic mass is 16.6. The Morgan fingerprint density at radius 1 is 1.26 bits per heavy atom. The van der Waals surface area contributed by atoms with Gasteiger partial charge in [-0.25, -0.2) is 9.78 Å². The zero-order chi connectivity index (χ0) is 22.1. The monoisotopic (exact) mass is 421 g/mol. The van der Waals surface area contributed by atoms with Gasteiger partial charge in [0.1, 0.15) is 12.4 Å². The molecule has 0 fully saturated rings. The number of rotatable bonds is 3. The van der Waals surface area contributed by atoms with Crippen LogP contribution in [0.4, 0.5) is 0 Å². The molecule has 2 aliphatic rings. The molecule has 5 rings (SSSR count). The first-order valence-electron chi connectivity index (χ1n) is 10.2. The third kappa shape index (κ3) is 2.72. The maximum atomic E-state index is 13.2. The van der Waals surface area contributed by atoms with Gasteiger partial charge in [-0.2, -0.15) is 0 Å². The largest absolute Gasteiger partial charge is 0.508 e. The van der Waals surface area contributed by atoms with Crippen molar-refractivity contribution >= 4 is 16.9 Å². The van der Waals surface area contributed by atoms with Crippen LogP contribution in [-0.4, -0.2) is 44.7 Å². The van der Waals surface area contributed by atoms with E-state index in [0.717, 1.165) is 10.9 Å². The molecule has 0 saturated carbocycles. The molecular formula is C23H23N3O5. The van der Waals surface area contributed by atoms with Gasteiger partial charge in [-0.05, 0) is 44.8 Å². The van der Waals surface area contributed by atoms with Crippen molar-refractivity contribution in [2.75, 3.05) is 14.1 Å². The number of esters is 1. The summed E-state index contributed by atoms with van der Waals surface area (Å²) >= 11 is 0. The molecule has 1 unspecified atom stereocenters. The van der Waals surface area contributed by atoms with Crippen molar-refractivity contribution in [3.8, 4) is 17.1 Å². The van der Waals surface area contributed by atoms with Crippen molar-refractivity contribution in [3.63, 3.8) is 0 Å². The molecule has 0 amide bonds. The first kappa shape index (κ1) is 19.7. The Labute approximate surface area is 178 Å². The summed E-state index contributed by atoms with van der Waals surface area (Å²) in [5.41, 5.74) is 1.88. The Morgan fingerprint density at radius 3 is 2.74 bits per heavy atom. The maximum Gasteiger partial charge on any atom is 0.343 e. The summed E-state index contributed by atoms with van der Waals surface area (Å²) in [6, 6.07) is 7.15. The van der Waals surface area contributed by atoms with E-state index in [-0.39, 0.29) is 24.3 Å². The van der Waals surface area contributed by atoms with Crippen LogP contribution >= 0.6 is 0 Å². The number of aromatic hydroxyl groups is 1. The summed E-state index contributed by atoms with van der Waals surface area (Å²) in [5, 5.41) is 22.3. The number of fused-ring (bicyclic) bond motifs is 5. The highest BCUT2D eigenvalue weighted by Gasteiger charge is 2.45. The molecule has 0 radical (unpaired) electrons. The minimum atomic E-state index is -1.85. The summed E-state index contributed by atoms with van der Waals surface area (Å²) in [6.45, 7) is 2.38. The van der Waals surface area contributed by atoms with Crippen LogP contribution in [-0.2, 0) is 34.8 Å². The molecular weight excluding hydrogens is 398 g/mol. The number of nitrogens with zero attached hydrogens (tertiary/aromatic N) is 3. The SMILES string of the molecule is CCC1(O)C(=O)OCc2c1cc1n(c2=O)Cc2cc3ccc(O)c(CN(C)C)c3nc2-1. The zero-order valence-corrected chi connectivity index (χ0v) is 17.6. The Bertz CT molecular complexity index is 1330. The fourth-order valence-corrected chi connectivity index (χ4v) is 4.57. The van der Waals surface area contributed by atoms with Crippen LogP contribution in [0.15, 0.2) is 29.1 Å². The molecule has 0 aliphatic carbocycles. The van der Waals surface area contributed by atoms with Crippen molar-refractivity contribution in [2.45, 2.75) is 38.6 Å². The quantitative estimate of drug-likeness (QED) is 0.487. The molecule has 160 valence electrons. The Hall–Kier alpha value is -3.23. The van der Waals surface area contributed by atoms with Crippen LogP contribution in [0.2, 0.25) is 0 Å². The normalized spacial score (nSPS) is 19.3. The Morgan fingerprint density at radius 2 is 2.03 bits per heavy atom. The van der Waals surface area contributed by atoms with E-state index in [9.17, 15) is 19.8 Å². The number of carbonyl (C=O) groups excluding carboxylic acids is 1. The smallest absolute Gasteiger partial charge is 0.343 e. The summed E-state index contributed by atoms with van der Waals surface area (Å²) < 4.78 is 6.71. The van der Waals surface area contributed by atoms with Crippen molar-refractivity contribution in [2.24, 2.45) is 0 Å².